The van der Waals surface area contributed by atoms with E-state index >= 15 is 0 Å². The molecule has 0 saturated heterocycles. The van der Waals surface area contributed by atoms with Crippen molar-refractivity contribution in [2.24, 2.45) is 0 Å². The van der Waals surface area contributed by atoms with Gasteiger partial charge in [0.25, 0.3) is 0 Å². The fourth-order valence-electron chi connectivity index (χ4n) is 1.51. The van der Waals surface area contributed by atoms with E-state index in [0.29, 0.717) is 18.0 Å². The molecule has 0 aromatic heterocycles. The van der Waals surface area contributed by atoms with Crippen LogP contribution in [-0.4, -0.2) is 44.9 Å². The van der Waals surface area contributed by atoms with Crippen LogP contribution in [0, 0.1) is 0 Å². The second-order valence-corrected chi connectivity index (χ2v) is 3.89. The van der Waals surface area contributed by atoms with Crippen LogP contribution in [0.25, 0.3) is 0 Å². The molecule has 16 heavy (non-hydrogen) atoms. The zero-order valence-electron chi connectivity index (χ0n) is 10.2. The SMILES string of the molecule is COc1ccc([C@@H](O)CN(C)C)cc1OC. The van der Waals surface area contributed by atoms with Crippen molar-refractivity contribution in [1.82, 2.24) is 4.90 Å². The highest BCUT2D eigenvalue weighted by Crippen LogP contribution is 2.29. The van der Waals surface area contributed by atoms with Crippen LogP contribution in [0.2, 0.25) is 0 Å². The summed E-state index contributed by atoms with van der Waals surface area (Å²) in [7, 11) is 7.02. The molecule has 1 N–H and O–H groups in total. The first-order chi connectivity index (χ1) is 7.58. The number of likely N-dealkylation sites (N-methyl/N-ethyl adjacent to an activating group) is 1. The molecule has 4 nitrogen and oxygen atoms in total. The second-order valence-electron chi connectivity index (χ2n) is 3.89. The summed E-state index contributed by atoms with van der Waals surface area (Å²) in [4.78, 5) is 1.93. The largest absolute Gasteiger partial charge is 0.493 e. The van der Waals surface area contributed by atoms with Crippen LogP contribution in [0.15, 0.2) is 18.2 Å². The number of aliphatic hydroxyl groups is 1. The second kappa shape index (κ2) is 5.72. The molecule has 0 spiro atoms. The maximum absolute atomic E-state index is 9.94. The Kier molecular flexibility index (Phi) is 4.58. The minimum atomic E-state index is -0.519. The van der Waals surface area contributed by atoms with Crippen molar-refractivity contribution in [3.05, 3.63) is 23.8 Å². The quantitative estimate of drug-likeness (QED) is 0.820. The Morgan fingerprint density at radius 1 is 1.19 bits per heavy atom. The summed E-state index contributed by atoms with van der Waals surface area (Å²) in [5.74, 6) is 1.31. The fraction of sp³-hybridized carbons (Fsp3) is 0.500. The Balaban J connectivity index is 2.89. The molecular weight excluding hydrogens is 206 g/mol. The van der Waals surface area contributed by atoms with Gasteiger partial charge in [0.2, 0.25) is 0 Å². The minimum Gasteiger partial charge on any atom is -0.493 e. The lowest BCUT2D eigenvalue weighted by Gasteiger charge is -2.17. The molecule has 0 aliphatic rings. The molecule has 1 atom stereocenters. The molecule has 90 valence electrons. The summed E-state index contributed by atoms with van der Waals surface area (Å²) in [6.07, 6.45) is -0.519. The molecule has 0 radical (unpaired) electrons. The summed E-state index contributed by atoms with van der Waals surface area (Å²) in [5.41, 5.74) is 0.825. The number of methoxy groups -OCH3 is 2. The van der Waals surface area contributed by atoms with Crippen molar-refractivity contribution in [2.45, 2.75) is 6.10 Å². The van der Waals surface area contributed by atoms with E-state index in [4.69, 9.17) is 9.47 Å². The van der Waals surface area contributed by atoms with Crippen LogP contribution < -0.4 is 9.47 Å². The average Bonchev–Trinajstić information content (AvgIpc) is 2.27. The standard InChI is InChI=1S/C12H19NO3/c1-13(2)8-10(14)9-5-6-11(15-3)12(7-9)16-4/h5-7,10,14H,8H2,1-4H3/t10-/m0/s1. The number of rotatable bonds is 5. The minimum absolute atomic E-state index is 0.519. The topological polar surface area (TPSA) is 41.9 Å². The Bertz CT molecular complexity index is 339. The Hall–Kier alpha value is -1.26. The van der Waals surface area contributed by atoms with Gasteiger partial charge in [-0.2, -0.15) is 0 Å². The lowest BCUT2D eigenvalue weighted by Crippen LogP contribution is -2.20. The summed E-state index contributed by atoms with van der Waals surface area (Å²) >= 11 is 0. The monoisotopic (exact) mass is 225 g/mol. The number of benzene rings is 1. The summed E-state index contributed by atoms with van der Waals surface area (Å²) in [6.45, 7) is 0.579. The van der Waals surface area contributed by atoms with Crippen LogP contribution in [-0.2, 0) is 0 Å². The van der Waals surface area contributed by atoms with E-state index in [1.54, 1.807) is 26.4 Å². The van der Waals surface area contributed by atoms with Gasteiger partial charge in [-0.25, -0.2) is 0 Å². The maximum Gasteiger partial charge on any atom is 0.161 e. The highest BCUT2D eigenvalue weighted by molar-refractivity contribution is 5.43. The van der Waals surface area contributed by atoms with E-state index in [9.17, 15) is 5.11 Å². The summed E-state index contributed by atoms with van der Waals surface area (Å²) in [5, 5.41) is 9.94. The van der Waals surface area contributed by atoms with E-state index in [-0.39, 0.29) is 0 Å². The van der Waals surface area contributed by atoms with Crippen LogP contribution >= 0.6 is 0 Å². The molecule has 0 unspecified atom stereocenters. The van der Waals surface area contributed by atoms with Gasteiger partial charge in [-0.15, -0.1) is 0 Å². The zero-order chi connectivity index (χ0) is 12.1. The maximum atomic E-state index is 9.94. The number of hydrogen-bond acceptors (Lipinski definition) is 4. The summed E-state index contributed by atoms with van der Waals surface area (Å²) < 4.78 is 10.3. The van der Waals surface area contributed by atoms with Crippen LogP contribution in [0.4, 0.5) is 0 Å². The van der Waals surface area contributed by atoms with Crippen molar-refractivity contribution >= 4 is 0 Å². The number of nitrogens with zero attached hydrogens (tertiary/aromatic N) is 1. The van der Waals surface area contributed by atoms with E-state index in [1.165, 1.54) is 0 Å². The molecule has 0 aliphatic heterocycles. The van der Waals surface area contributed by atoms with Crippen LogP contribution in [0.1, 0.15) is 11.7 Å². The molecular formula is C12H19NO3. The predicted molar refractivity (Wildman–Crippen MR) is 63.1 cm³/mol. The third kappa shape index (κ3) is 3.12. The van der Waals surface area contributed by atoms with Crippen molar-refractivity contribution < 1.29 is 14.6 Å². The predicted octanol–water partition coefficient (Wildman–Crippen LogP) is 1.30. The van der Waals surface area contributed by atoms with Crippen LogP contribution in [0.5, 0.6) is 11.5 Å². The molecule has 0 amide bonds. The van der Waals surface area contributed by atoms with E-state index in [2.05, 4.69) is 0 Å². The highest BCUT2D eigenvalue weighted by atomic mass is 16.5. The first-order valence-electron chi connectivity index (χ1n) is 5.13. The molecule has 0 heterocycles. The van der Waals surface area contributed by atoms with Gasteiger partial charge in [0, 0.05) is 6.54 Å². The van der Waals surface area contributed by atoms with Gasteiger partial charge in [0.1, 0.15) is 0 Å². The number of hydrogen-bond donors (Lipinski definition) is 1. The third-order valence-electron chi connectivity index (χ3n) is 2.33. The van der Waals surface area contributed by atoms with Crippen molar-refractivity contribution in [1.29, 1.82) is 0 Å². The first kappa shape index (κ1) is 12.8. The normalized spacial score (nSPS) is 12.6. The van der Waals surface area contributed by atoms with Gasteiger partial charge < -0.3 is 19.5 Å². The molecule has 4 heteroatoms. The fourth-order valence-corrected chi connectivity index (χ4v) is 1.51. The highest BCUT2D eigenvalue weighted by Gasteiger charge is 2.12. The molecule has 1 rings (SSSR count). The van der Waals surface area contributed by atoms with Gasteiger partial charge in [-0.3, -0.25) is 0 Å². The van der Waals surface area contributed by atoms with Gasteiger partial charge >= 0.3 is 0 Å². The Morgan fingerprint density at radius 3 is 2.31 bits per heavy atom. The third-order valence-corrected chi connectivity index (χ3v) is 2.33. The van der Waals surface area contributed by atoms with Gasteiger partial charge in [-0.05, 0) is 31.8 Å². The number of aliphatic hydroxyl groups excluding tert-OH is 1. The Labute approximate surface area is 96.4 Å². The van der Waals surface area contributed by atoms with Crippen molar-refractivity contribution in [3.63, 3.8) is 0 Å². The lowest BCUT2D eigenvalue weighted by molar-refractivity contribution is 0.138. The number of ether oxygens (including phenoxy) is 2. The molecule has 0 fully saturated rings. The zero-order valence-corrected chi connectivity index (χ0v) is 10.2. The molecule has 0 aliphatic carbocycles. The lowest BCUT2D eigenvalue weighted by atomic mass is 10.1. The molecule has 0 saturated carbocycles. The van der Waals surface area contributed by atoms with E-state index < -0.39 is 6.10 Å². The smallest absolute Gasteiger partial charge is 0.161 e. The van der Waals surface area contributed by atoms with Crippen molar-refractivity contribution in [3.8, 4) is 11.5 Å². The Morgan fingerprint density at radius 2 is 1.81 bits per heavy atom. The van der Waals surface area contributed by atoms with E-state index in [1.807, 2.05) is 25.1 Å². The van der Waals surface area contributed by atoms with E-state index in [0.717, 1.165) is 5.56 Å². The molecule has 0 bridgehead atoms. The van der Waals surface area contributed by atoms with Crippen LogP contribution in [0.3, 0.4) is 0 Å². The molecule has 1 aromatic rings. The first-order valence-corrected chi connectivity index (χ1v) is 5.13. The average molecular weight is 225 g/mol. The van der Waals surface area contributed by atoms with Gasteiger partial charge in [0.05, 0.1) is 20.3 Å². The summed E-state index contributed by atoms with van der Waals surface area (Å²) in [6, 6.07) is 5.44. The van der Waals surface area contributed by atoms with Crippen molar-refractivity contribution in [2.75, 3.05) is 34.9 Å². The van der Waals surface area contributed by atoms with Gasteiger partial charge in [-0.1, -0.05) is 6.07 Å². The van der Waals surface area contributed by atoms with Gasteiger partial charge in [0.15, 0.2) is 11.5 Å². The molecule has 1 aromatic carbocycles.